The third-order valence-electron chi connectivity index (χ3n) is 8.57. The summed E-state index contributed by atoms with van der Waals surface area (Å²) in [6.07, 6.45) is 4.02. The first-order valence-electron chi connectivity index (χ1n) is 12.2. The maximum atomic E-state index is 13.2. The van der Waals surface area contributed by atoms with E-state index in [4.69, 9.17) is 4.74 Å². The zero-order valence-corrected chi connectivity index (χ0v) is 22.4. The van der Waals surface area contributed by atoms with E-state index in [1.165, 1.54) is 11.3 Å². The first-order valence-corrected chi connectivity index (χ1v) is 14.0. The Hall–Kier alpha value is -1.21. The molecule has 2 amide bonds. The number of hydrogen-bond acceptors (Lipinski definition) is 4. The molecule has 0 spiro atoms. The Morgan fingerprint density at radius 2 is 1.55 bits per heavy atom. The summed E-state index contributed by atoms with van der Waals surface area (Å²) >= 11 is 7.45. The van der Waals surface area contributed by atoms with Crippen molar-refractivity contribution in [3.8, 4) is 0 Å². The van der Waals surface area contributed by atoms with E-state index in [0.717, 1.165) is 19.3 Å². The van der Waals surface area contributed by atoms with E-state index in [9.17, 15) is 14.4 Å². The van der Waals surface area contributed by atoms with Crippen LogP contribution >= 0.6 is 31.9 Å². The van der Waals surface area contributed by atoms with Gasteiger partial charge in [0.2, 0.25) is 11.8 Å². The van der Waals surface area contributed by atoms with Crippen LogP contribution < -0.4 is 4.90 Å². The smallest absolute Gasteiger partial charge is 0.338 e. The van der Waals surface area contributed by atoms with Gasteiger partial charge in [-0.05, 0) is 73.1 Å². The number of benzene rings is 1. The van der Waals surface area contributed by atoms with Crippen LogP contribution in [0.2, 0.25) is 0 Å². The Balaban J connectivity index is 1.30. The van der Waals surface area contributed by atoms with Gasteiger partial charge in [0.15, 0.2) is 0 Å². The highest BCUT2D eigenvalue weighted by molar-refractivity contribution is 9.12. The van der Waals surface area contributed by atoms with Gasteiger partial charge in [0, 0.05) is 9.65 Å². The highest BCUT2D eigenvalue weighted by Gasteiger charge is 2.66. The lowest BCUT2D eigenvalue weighted by Gasteiger charge is -2.36. The molecule has 2 bridgehead atoms. The Morgan fingerprint density at radius 3 is 2.09 bits per heavy atom. The molecule has 1 aromatic carbocycles. The molecule has 5 rings (SSSR count). The number of esters is 1. The fraction of sp³-hybridized carbons (Fsp3) is 0.654. The molecule has 7 heteroatoms. The summed E-state index contributed by atoms with van der Waals surface area (Å²) in [5.41, 5.74) is 0.999. The molecule has 1 aromatic rings. The topological polar surface area (TPSA) is 63.7 Å². The predicted molar refractivity (Wildman–Crippen MR) is 133 cm³/mol. The molecule has 0 radical (unpaired) electrons. The second-order valence-corrected chi connectivity index (χ2v) is 12.9. The Morgan fingerprint density at radius 1 is 0.970 bits per heavy atom. The zero-order chi connectivity index (χ0) is 23.6. The predicted octanol–water partition coefficient (Wildman–Crippen LogP) is 5.59. The lowest BCUT2D eigenvalue weighted by molar-refractivity contribution is -0.123. The number of fused-ring (bicyclic) bond motifs is 5. The molecule has 0 unspecified atom stereocenters. The van der Waals surface area contributed by atoms with Crippen LogP contribution in [-0.2, 0) is 14.3 Å². The number of amides is 2. The summed E-state index contributed by atoms with van der Waals surface area (Å²) in [7, 11) is 0. The number of rotatable bonds is 4. The van der Waals surface area contributed by atoms with Crippen molar-refractivity contribution in [2.45, 2.75) is 62.2 Å². The molecule has 178 valence electrons. The van der Waals surface area contributed by atoms with Gasteiger partial charge < -0.3 is 4.74 Å². The Kier molecular flexibility index (Phi) is 6.26. The van der Waals surface area contributed by atoms with Gasteiger partial charge in [-0.2, -0.15) is 0 Å². The average Bonchev–Trinajstić information content (AvgIpc) is 3.38. The number of hydrogen-bond donors (Lipinski definition) is 0. The number of nitrogens with zero attached hydrogens (tertiary/aromatic N) is 1. The summed E-state index contributed by atoms with van der Waals surface area (Å²) in [5.74, 6) is 0.760. The largest absolute Gasteiger partial charge is 0.458 e. The maximum absolute atomic E-state index is 13.2. The SMILES string of the molecule is CC(C)[C@H]1CC[C@@H](C)C[C@H]1OC(=O)c1ccc(N2C(=O)[C@@H]3[C@H]4C[C@@H]([C@H](Br)[C@H]4Br)[C@H]3C2=O)cc1. The summed E-state index contributed by atoms with van der Waals surface area (Å²) in [5, 5.41) is 0. The molecule has 0 N–H and O–H groups in total. The molecular formula is C26H31Br2NO4. The lowest BCUT2D eigenvalue weighted by atomic mass is 9.75. The monoisotopic (exact) mass is 579 g/mol. The number of anilines is 1. The van der Waals surface area contributed by atoms with Crippen molar-refractivity contribution in [1.29, 1.82) is 0 Å². The molecule has 0 aromatic heterocycles. The van der Waals surface area contributed by atoms with E-state index in [-0.39, 0.29) is 57.2 Å². The minimum Gasteiger partial charge on any atom is -0.458 e. The first-order chi connectivity index (χ1) is 15.7. The highest BCUT2D eigenvalue weighted by atomic mass is 79.9. The molecule has 4 fully saturated rings. The van der Waals surface area contributed by atoms with Gasteiger partial charge in [0.05, 0.1) is 23.1 Å². The molecule has 4 aliphatic rings. The van der Waals surface area contributed by atoms with Crippen LogP contribution in [0.5, 0.6) is 0 Å². The third-order valence-corrected chi connectivity index (χ3v) is 11.8. The number of imide groups is 1. The molecule has 1 aliphatic heterocycles. The van der Waals surface area contributed by atoms with E-state index in [1.54, 1.807) is 24.3 Å². The number of alkyl halides is 2. The summed E-state index contributed by atoms with van der Waals surface area (Å²) in [6.45, 7) is 6.60. The van der Waals surface area contributed by atoms with Crippen LogP contribution in [-0.4, -0.2) is 33.5 Å². The second kappa shape index (κ2) is 8.78. The third kappa shape index (κ3) is 3.81. The molecule has 3 aliphatic carbocycles. The summed E-state index contributed by atoms with van der Waals surface area (Å²) in [4.78, 5) is 41.1. The van der Waals surface area contributed by atoms with Gasteiger partial charge in [-0.25, -0.2) is 4.79 Å². The fourth-order valence-electron chi connectivity index (χ4n) is 6.81. The number of carbonyl (C=O) groups excluding carboxylic acids is 3. The minimum atomic E-state index is -0.329. The quantitative estimate of drug-likeness (QED) is 0.265. The summed E-state index contributed by atoms with van der Waals surface area (Å²) in [6, 6.07) is 6.77. The van der Waals surface area contributed by atoms with Crippen molar-refractivity contribution < 1.29 is 19.1 Å². The maximum Gasteiger partial charge on any atom is 0.338 e. The van der Waals surface area contributed by atoms with Crippen LogP contribution in [0.3, 0.4) is 0 Å². The van der Waals surface area contributed by atoms with E-state index in [2.05, 4.69) is 52.6 Å². The molecular weight excluding hydrogens is 550 g/mol. The van der Waals surface area contributed by atoms with Crippen molar-refractivity contribution >= 4 is 55.3 Å². The van der Waals surface area contributed by atoms with Crippen molar-refractivity contribution in [2.24, 2.45) is 41.4 Å². The van der Waals surface area contributed by atoms with E-state index < -0.39 is 0 Å². The molecule has 9 atom stereocenters. The molecule has 1 heterocycles. The zero-order valence-electron chi connectivity index (χ0n) is 19.2. The number of carbonyl (C=O) groups is 3. The Labute approximate surface area is 212 Å². The van der Waals surface area contributed by atoms with Gasteiger partial charge in [-0.3, -0.25) is 14.5 Å². The standard InChI is InChI=1S/C26H31Br2NO4/c1-12(2)16-9-4-13(3)10-19(16)33-26(32)14-5-7-15(8-6-14)29-24(30)20-17-11-18(21(20)25(29)31)23(28)22(17)27/h5-8,12-13,16-23H,4,9-11H2,1-3H3/t13-,16-,17-,18-,19-,20-,21-,22+,23+/m1/s1. The van der Waals surface area contributed by atoms with Crippen molar-refractivity contribution in [2.75, 3.05) is 4.90 Å². The second-order valence-electron chi connectivity index (χ2n) is 10.8. The minimum absolute atomic E-state index is 0.0630. The first kappa shape index (κ1) is 23.5. The van der Waals surface area contributed by atoms with E-state index in [1.807, 2.05) is 0 Å². The molecule has 5 nitrogen and oxygen atoms in total. The fourth-order valence-corrected chi connectivity index (χ4v) is 8.68. The van der Waals surface area contributed by atoms with Crippen LogP contribution in [0.1, 0.15) is 56.8 Å². The van der Waals surface area contributed by atoms with Crippen molar-refractivity contribution in [3.63, 3.8) is 0 Å². The highest BCUT2D eigenvalue weighted by Crippen LogP contribution is 2.60. The van der Waals surface area contributed by atoms with Crippen LogP contribution in [0, 0.1) is 41.4 Å². The molecule has 33 heavy (non-hydrogen) atoms. The average molecular weight is 581 g/mol. The summed E-state index contributed by atoms with van der Waals surface area (Å²) < 4.78 is 5.95. The normalized spacial score (nSPS) is 39.9. The van der Waals surface area contributed by atoms with Crippen LogP contribution in [0.4, 0.5) is 5.69 Å². The van der Waals surface area contributed by atoms with Crippen molar-refractivity contribution in [3.05, 3.63) is 29.8 Å². The van der Waals surface area contributed by atoms with Gasteiger partial charge in [-0.1, -0.05) is 59.1 Å². The molecule has 3 saturated carbocycles. The van der Waals surface area contributed by atoms with Gasteiger partial charge in [0.25, 0.3) is 0 Å². The Bertz CT molecular complexity index is 932. The van der Waals surface area contributed by atoms with Crippen LogP contribution in [0.15, 0.2) is 24.3 Å². The van der Waals surface area contributed by atoms with Gasteiger partial charge >= 0.3 is 5.97 Å². The molecule has 1 saturated heterocycles. The van der Waals surface area contributed by atoms with E-state index >= 15 is 0 Å². The lowest BCUT2D eigenvalue weighted by Crippen LogP contribution is -2.37. The van der Waals surface area contributed by atoms with Crippen molar-refractivity contribution in [1.82, 2.24) is 0 Å². The van der Waals surface area contributed by atoms with E-state index in [0.29, 0.717) is 29.0 Å². The van der Waals surface area contributed by atoms with Gasteiger partial charge in [0.1, 0.15) is 6.10 Å². The number of ether oxygens (including phenoxy) is 1. The number of halogens is 2. The van der Waals surface area contributed by atoms with Crippen LogP contribution in [0.25, 0.3) is 0 Å². The van der Waals surface area contributed by atoms with Gasteiger partial charge in [-0.15, -0.1) is 0 Å².